The fraction of sp³-hybridized carbons (Fsp3) is 0.167. The van der Waals surface area contributed by atoms with Crippen LogP contribution in [0.15, 0.2) is 63.5 Å². The van der Waals surface area contributed by atoms with E-state index in [0.29, 0.717) is 30.0 Å². The molecule has 0 aliphatic heterocycles. The molecule has 0 aliphatic carbocycles. The fourth-order valence-electron chi connectivity index (χ4n) is 3.52. The predicted octanol–water partition coefficient (Wildman–Crippen LogP) is 5.74. The van der Waals surface area contributed by atoms with Gasteiger partial charge in [-0.2, -0.15) is 5.26 Å². The van der Waals surface area contributed by atoms with Crippen LogP contribution in [0.5, 0.6) is 5.75 Å². The van der Waals surface area contributed by atoms with Crippen molar-refractivity contribution in [1.82, 2.24) is 5.32 Å². The highest BCUT2D eigenvalue weighted by Crippen LogP contribution is 2.33. The first-order chi connectivity index (χ1) is 14.6. The van der Waals surface area contributed by atoms with Crippen molar-refractivity contribution in [3.05, 3.63) is 76.0 Å². The molecule has 0 radical (unpaired) electrons. The van der Waals surface area contributed by atoms with Gasteiger partial charge in [-0.05, 0) is 50.5 Å². The van der Waals surface area contributed by atoms with Crippen LogP contribution in [0.2, 0.25) is 0 Å². The summed E-state index contributed by atoms with van der Waals surface area (Å²) in [5, 5.41) is 14.5. The standard InChI is InChI=1S/C24H19BrN2O3/c1-2-19-22(18-5-3-4-6-20(18)30-19)24(28)27-14-15-7-9-17-16(13-15)8-10-21(23(17)25)29-12-11-26/h3-10,13H,2,12,14H2,1H3,(H,27,28). The summed E-state index contributed by atoms with van der Waals surface area (Å²) >= 11 is 3.55. The highest BCUT2D eigenvalue weighted by Gasteiger charge is 2.19. The first-order valence-electron chi connectivity index (χ1n) is 9.62. The van der Waals surface area contributed by atoms with Crippen LogP contribution < -0.4 is 10.1 Å². The Hall–Kier alpha value is -3.30. The van der Waals surface area contributed by atoms with Crippen molar-refractivity contribution < 1.29 is 13.9 Å². The molecule has 0 saturated heterocycles. The molecular formula is C24H19BrN2O3. The van der Waals surface area contributed by atoms with Crippen molar-refractivity contribution in [2.75, 3.05) is 6.61 Å². The lowest BCUT2D eigenvalue weighted by Gasteiger charge is -2.10. The number of fused-ring (bicyclic) bond motifs is 2. The number of ether oxygens (including phenoxy) is 1. The molecule has 0 saturated carbocycles. The molecule has 0 unspecified atom stereocenters. The number of nitriles is 1. The van der Waals surface area contributed by atoms with E-state index in [0.717, 1.165) is 31.8 Å². The van der Waals surface area contributed by atoms with E-state index < -0.39 is 0 Å². The largest absolute Gasteiger partial charge is 0.478 e. The van der Waals surface area contributed by atoms with E-state index in [-0.39, 0.29) is 12.5 Å². The van der Waals surface area contributed by atoms with Crippen LogP contribution in [0, 0.1) is 11.3 Å². The number of hydrogen-bond donors (Lipinski definition) is 1. The second kappa shape index (κ2) is 8.60. The van der Waals surface area contributed by atoms with E-state index in [1.807, 2.05) is 67.6 Å². The van der Waals surface area contributed by atoms with Crippen molar-refractivity contribution >= 4 is 43.6 Å². The minimum atomic E-state index is -0.140. The molecule has 30 heavy (non-hydrogen) atoms. The SMILES string of the molecule is CCc1oc2ccccc2c1C(=O)NCc1ccc2c(Br)c(OCC#N)ccc2c1. The number of amides is 1. The van der Waals surface area contributed by atoms with Crippen LogP contribution in [-0.4, -0.2) is 12.5 Å². The third-order valence-electron chi connectivity index (χ3n) is 4.94. The Balaban J connectivity index is 1.55. The molecule has 4 rings (SSSR count). The number of aryl methyl sites for hydroxylation is 1. The molecule has 1 aromatic heterocycles. The van der Waals surface area contributed by atoms with Gasteiger partial charge < -0.3 is 14.5 Å². The van der Waals surface area contributed by atoms with E-state index in [4.69, 9.17) is 14.4 Å². The van der Waals surface area contributed by atoms with Gasteiger partial charge in [-0.1, -0.05) is 43.3 Å². The number of rotatable bonds is 6. The average Bonchev–Trinajstić information content (AvgIpc) is 3.16. The van der Waals surface area contributed by atoms with Gasteiger partial charge in [0.25, 0.3) is 5.91 Å². The van der Waals surface area contributed by atoms with Crippen molar-refractivity contribution in [1.29, 1.82) is 5.26 Å². The summed E-state index contributed by atoms with van der Waals surface area (Å²) in [5.41, 5.74) is 2.32. The first-order valence-corrected chi connectivity index (χ1v) is 10.4. The number of para-hydroxylation sites is 1. The van der Waals surface area contributed by atoms with E-state index in [1.165, 1.54) is 0 Å². The Kier molecular flexibility index (Phi) is 5.73. The van der Waals surface area contributed by atoms with Crippen LogP contribution in [0.1, 0.15) is 28.6 Å². The summed E-state index contributed by atoms with van der Waals surface area (Å²) in [4.78, 5) is 12.9. The summed E-state index contributed by atoms with van der Waals surface area (Å²) in [6.45, 7) is 2.38. The predicted molar refractivity (Wildman–Crippen MR) is 120 cm³/mol. The maximum Gasteiger partial charge on any atom is 0.255 e. The molecule has 1 N–H and O–H groups in total. The molecule has 150 valence electrons. The van der Waals surface area contributed by atoms with Gasteiger partial charge in [-0.3, -0.25) is 4.79 Å². The third kappa shape index (κ3) is 3.77. The monoisotopic (exact) mass is 462 g/mol. The molecule has 1 amide bonds. The van der Waals surface area contributed by atoms with E-state index in [9.17, 15) is 4.79 Å². The number of hydrogen-bond acceptors (Lipinski definition) is 4. The van der Waals surface area contributed by atoms with Crippen molar-refractivity contribution in [2.45, 2.75) is 19.9 Å². The number of benzene rings is 3. The zero-order chi connectivity index (χ0) is 21.1. The maximum absolute atomic E-state index is 12.9. The second-order valence-electron chi connectivity index (χ2n) is 6.81. The third-order valence-corrected chi connectivity index (χ3v) is 5.76. The van der Waals surface area contributed by atoms with E-state index in [2.05, 4.69) is 21.2 Å². The molecule has 0 spiro atoms. The number of nitrogens with zero attached hydrogens (tertiary/aromatic N) is 1. The van der Waals surface area contributed by atoms with Gasteiger partial charge in [0.05, 0.1) is 10.0 Å². The highest BCUT2D eigenvalue weighted by molar-refractivity contribution is 9.10. The van der Waals surface area contributed by atoms with Gasteiger partial charge in [0.2, 0.25) is 0 Å². The Morgan fingerprint density at radius 2 is 2.00 bits per heavy atom. The molecule has 0 fully saturated rings. The molecule has 0 bridgehead atoms. The highest BCUT2D eigenvalue weighted by atomic mass is 79.9. The van der Waals surface area contributed by atoms with Crippen LogP contribution in [0.4, 0.5) is 0 Å². The minimum absolute atomic E-state index is 0.00331. The summed E-state index contributed by atoms with van der Waals surface area (Å²) in [6, 6.07) is 19.3. The van der Waals surface area contributed by atoms with Gasteiger partial charge in [-0.25, -0.2) is 0 Å². The lowest BCUT2D eigenvalue weighted by molar-refractivity contribution is 0.0950. The Labute approximate surface area is 182 Å². The van der Waals surface area contributed by atoms with Crippen LogP contribution in [0.25, 0.3) is 21.7 Å². The molecule has 1 heterocycles. The molecular weight excluding hydrogens is 444 g/mol. The summed E-state index contributed by atoms with van der Waals surface area (Å²) < 4.78 is 12.1. The molecule has 4 aromatic rings. The quantitative estimate of drug-likeness (QED) is 0.396. The van der Waals surface area contributed by atoms with Crippen LogP contribution >= 0.6 is 15.9 Å². The lowest BCUT2D eigenvalue weighted by atomic mass is 10.1. The van der Waals surface area contributed by atoms with Gasteiger partial charge in [0.15, 0.2) is 6.61 Å². The van der Waals surface area contributed by atoms with Crippen LogP contribution in [0.3, 0.4) is 0 Å². The average molecular weight is 463 g/mol. The fourth-order valence-corrected chi connectivity index (χ4v) is 4.13. The van der Waals surface area contributed by atoms with E-state index in [1.54, 1.807) is 0 Å². The maximum atomic E-state index is 12.9. The zero-order valence-electron chi connectivity index (χ0n) is 16.4. The van der Waals surface area contributed by atoms with Crippen molar-refractivity contribution in [2.24, 2.45) is 0 Å². The Morgan fingerprint density at radius 3 is 2.80 bits per heavy atom. The number of halogens is 1. The molecule has 6 heteroatoms. The second-order valence-corrected chi connectivity index (χ2v) is 7.61. The van der Waals surface area contributed by atoms with Crippen LogP contribution in [-0.2, 0) is 13.0 Å². The first kappa shape index (κ1) is 20.0. The summed E-state index contributed by atoms with van der Waals surface area (Å²) in [5.74, 6) is 1.18. The normalized spacial score (nSPS) is 10.8. The topological polar surface area (TPSA) is 75.3 Å². The van der Waals surface area contributed by atoms with Gasteiger partial charge in [-0.15, -0.1) is 0 Å². The van der Waals surface area contributed by atoms with Gasteiger partial charge in [0, 0.05) is 18.4 Å². The van der Waals surface area contributed by atoms with Gasteiger partial charge >= 0.3 is 0 Å². The zero-order valence-corrected chi connectivity index (χ0v) is 18.0. The Morgan fingerprint density at radius 1 is 1.17 bits per heavy atom. The lowest BCUT2D eigenvalue weighted by Crippen LogP contribution is -2.23. The molecule has 5 nitrogen and oxygen atoms in total. The minimum Gasteiger partial charge on any atom is -0.478 e. The smallest absolute Gasteiger partial charge is 0.255 e. The number of carbonyl (C=O) groups excluding carboxylic acids is 1. The van der Waals surface area contributed by atoms with Crippen molar-refractivity contribution in [3.63, 3.8) is 0 Å². The summed E-state index contributed by atoms with van der Waals surface area (Å²) in [7, 11) is 0. The number of nitrogens with one attached hydrogen (secondary N) is 1. The number of furan rings is 1. The van der Waals surface area contributed by atoms with Crippen molar-refractivity contribution in [3.8, 4) is 11.8 Å². The molecule has 3 aromatic carbocycles. The van der Waals surface area contributed by atoms with E-state index >= 15 is 0 Å². The molecule has 0 aliphatic rings. The summed E-state index contributed by atoms with van der Waals surface area (Å²) in [6.07, 6.45) is 0.650. The molecule has 0 atom stereocenters. The van der Waals surface area contributed by atoms with Gasteiger partial charge in [0.1, 0.15) is 23.2 Å². The Bertz CT molecular complexity index is 1290. The number of carbonyl (C=O) groups is 1.